The highest BCUT2D eigenvalue weighted by Crippen LogP contribution is 2.32. The number of fused-ring (bicyclic) bond motifs is 2. The van der Waals surface area contributed by atoms with Crippen LogP contribution in [0.15, 0.2) is 48.7 Å². The van der Waals surface area contributed by atoms with E-state index in [4.69, 9.17) is 9.72 Å². The van der Waals surface area contributed by atoms with Crippen molar-refractivity contribution in [1.29, 1.82) is 0 Å². The molecule has 0 saturated carbocycles. The normalized spacial score (nSPS) is 16.9. The summed E-state index contributed by atoms with van der Waals surface area (Å²) in [5.41, 5.74) is 2.07. The Morgan fingerprint density at radius 2 is 1.70 bits per heavy atom. The minimum absolute atomic E-state index is 0.0196. The van der Waals surface area contributed by atoms with Gasteiger partial charge < -0.3 is 20.3 Å². The maximum atomic E-state index is 14.4. The number of benzene rings is 2. The lowest BCUT2D eigenvalue weighted by atomic mass is 10.0. The summed E-state index contributed by atoms with van der Waals surface area (Å²) in [4.78, 5) is 75.2. The van der Waals surface area contributed by atoms with E-state index < -0.39 is 41.3 Å². The number of aromatic nitrogens is 6. The summed E-state index contributed by atoms with van der Waals surface area (Å²) in [6, 6.07) is 8.88. The standard InChI is InChI=1S/C42H45F2N11O6/c1-24-19-34(52-51-24)47-37-31-23-46-55(38(31)50-42(49-37)45-22-25-8-9-26(43)20-32(25)44)27-14-16-53(17-15-27)36(57)7-5-3-2-4-6-18-61-28-10-11-29-30(21-28)41(60)54(40(29)59)33-12-13-35(56)48-39(33)58/h8-11,19-21,23,27,33H,2-7,12-18,22H2,1H3,(H,48,56,58)(H3,45,47,49,50,51,52). The highest BCUT2D eigenvalue weighted by atomic mass is 19.1. The average molecular weight is 838 g/mol. The monoisotopic (exact) mass is 837 g/mol. The minimum Gasteiger partial charge on any atom is -0.494 e. The first kappa shape index (κ1) is 41.0. The number of aromatic amines is 1. The van der Waals surface area contributed by atoms with Gasteiger partial charge in [-0.25, -0.2) is 13.5 Å². The maximum Gasteiger partial charge on any atom is 0.262 e. The molecule has 0 radical (unpaired) electrons. The molecular formula is C42H45F2N11O6. The van der Waals surface area contributed by atoms with E-state index in [1.807, 2.05) is 22.6 Å². The number of nitrogens with one attached hydrogen (secondary N) is 4. The van der Waals surface area contributed by atoms with Crippen LogP contribution in [-0.4, -0.2) is 95.0 Å². The number of nitrogens with zero attached hydrogens (tertiary/aromatic N) is 7. The molecule has 6 heterocycles. The molecule has 8 rings (SSSR count). The van der Waals surface area contributed by atoms with Gasteiger partial charge in [0.05, 0.1) is 35.4 Å². The second-order valence-electron chi connectivity index (χ2n) is 15.5. The lowest BCUT2D eigenvalue weighted by Crippen LogP contribution is -2.54. The zero-order chi connectivity index (χ0) is 42.6. The predicted octanol–water partition coefficient (Wildman–Crippen LogP) is 5.48. The van der Waals surface area contributed by atoms with Crippen LogP contribution in [-0.2, 0) is 20.9 Å². The zero-order valence-corrected chi connectivity index (χ0v) is 33.5. The summed E-state index contributed by atoms with van der Waals surface area (Å²) in [6.07, 6.45) is 7.94. The number of carbonyl (C=O) groups is 5. The molecule has 5 aromatic rings. The number of hydrogen-bond donors (Lipinski definition) is 4. The summed E-state index contributed by atoms with van der Waals surface area (Å²) in [6.45, 7) is 3.49. The fraction of sp³-hybridized carbons (Fsp3) is 0.405. The van der Waals surface area contributed by atoms with Crippen molar-refractivity contribution in [3.8, 4) is 5.75 Å². The molecular weight excluding hydrogens is 793 g/mol. The molecule has 5 amide bonds. The van der Waals surface area contributed by atoms with Crippen LogP contribution >= 0.6 is 0 Å². The van der Waals surface area contributed by atoms with Gasteiger partial charge in [-0.1, -0.05) is 25.3 Å². The molecule has 0 spiro atoms. The Balaban J connectivity index is 0.778. The fourth-order valence-corrected chi connectivity index (χ4v) is 7.97. The van der Waals surface area contributed by atoms with Crippen LogP contribution in [0.5, 0.6) is 5.75 Å². The van der Waals surface area contributed by atoms with E-state index in [0.717, 1.165) is 48.8 Å². The van der Waals surface area contributed by atoms with Gasteiger partial charge in [0.25, 0.3) is 11.8 Å². The van der Waals surface area contributed by atoms with Crippen LogP contribution < -0.4 is 20.7 Å². The molecule has 318 valence electrons. The second kappa shape index (κ2) is 17.8. The second-order valence-corrected chi connectivity index (χ2v) is 15.5. The molecule has 0 bridgehead atoms. The Kier molecular flexibility index (Phi) is 12.0. The van der Waals surface area contributed by atoms with Crippen LogP contribution in [0.2, 0.25) is 0 Å². The zero-order valence-electron chi connectivity index (χ0n) is 33.5. The smallest absolute Gasteiger partial charge is 0.262 e. The number of rotatable bonds is 16. The molecule has 0 aliphatic carbocycles. The quantitative estimate of drug-likeness (QED) is 0.0720. The molecule has 2 aromatic carbocycles. The first-order valence-corrected chi connectivity index (χ1v) is 20.5. The van der Waals surface area contributed by atoms with Crippen molar-refractivity contribution in [2.24, 2.45) is 0 Å². The Hall–Kier alpha value is -6.79. The number of anilines is 3. The molecule has 2 saturated heterocycles. The number of carbonyl (C=O) groups excluding carboxylic acids is 5. The van der Waals surface area contributed by atoms with E-state index in [9.17, 15) is 32.8 Å². The number of H-pyrrole nitrogens is 1. The number of imide groups is 2. The predicted molar refractivity (Wildman–Crippen MR) is 217 cm³/mol. The number of amides is 5. The average Bonchev–Trinajstić information content (AvgIpc) is 3.93. The van der Waals surface area contributed by atoms with Crippen LogP contribution in [0.4, 0.5) is 26.4 Å². The molecule has 17 nitrogen and oxygen atoms in total. The van der Waals surface area contributed by atoms with Gasteiger partial charge in [-0.15, -0.1) is 0 Å². The highest BCUT2D eigenvalue weighted by molar-refractivity contribution is 6.23. The van der Waals surface area contributed by atoms with E-state index in [1.54, 1.807) is 12.3 Å². The maximum absolute atomic E-state index is 14.4. The number of unbranched alkanes of at least 4 members (excludes halogenated alkanes) is 4. The molecule has 61 heavy (non-hydrogen) atoms. The Bertz CT molecular complexity index is 2500. The topological polar surface area (TPSA) is 209 Å². The van der Waals surface area contributed by atoms with Crippen LogP contribution in [0.1, 0.15) is 102 Å². The largest absolute Gasteiger partial charge is 0.494 e. The number of aryl methyl sites for hydroxylation is 1. The van der Waals surface area contributed by atoms with Gasteiger partial charge in [0.2, 0.25) is 23.7 Å². The molecule has 1 unspecified atom stereocenters. The number of hydrogen-bond acceptors (Lipinski definition) is 12. The van der Waals surface area contributed by atoms with Crippen molar-refractivity contribution in [3.05, 3.63) is 82.7 Å². The van der Waals surface area contributed by atoms with E-state index in [0.29, 0.717) is 67.4 Å². The van der Waals surface area contributed by atoms with E-state index in [-0.39, 0.29) is 54.0 Å². The van der Waals surface area contributed by atoms with Gasteiger partial charge in [-0.2, -0.15) is 20.2 Å². The summed E-state index contributed by atoms with van der Waals surface area (Å²) in [5, 5.41) is 21.0. The Morgan fingerprint density at radius 3 is 2.48 bits per heavy atom. The van der Waals surface area contributed by atoms with Crippen molar-refractivity contribution in [1.82, 2.24) is 45.1 Å². The van der Waals surface area contributed by atoms with Crippen molar-refractivity contribution in [3.63, 3.8) is 0 Å². The fourth-order valence-electron chi connectivity index (χ4n) is 7.97. The van der Waals surface area contributed by atoms with E-state index in [1.165, 1.54) is 24.3 Å². The number of piperidine rings is 2. The summed E-state index contributed by atoms with van der Waals surface area (Å²) < 4.78 is 35.6. The Morgan fingerprint density at radius 1 is 0.918 bits per heavy atom. The molecule has 3 aromatic heterocycles. The number of ether oxygens (including phenoxy) is 1. The van der Waals surface area contributed by atoms with Gasteiger partial charge >= 0.3 is 0 Å². The lowest BCUT2D eigenvalue weighted by Gasteiger charge is -2.32. The molecule has 2 fully saturated rings. The summed E-state index contributed by atoms with van der Waals surface area (Å²) in [5.74, 6) is -1.73. The van der Waals surface area contributed by atoms with Crippen molar-refractivity contribution < 1.29 is 37.5 Å². The third-order valence-corrected chi connectivity index (χ3v) is 11.2. The Labute approximate surface area is 348 Å². The van der Waals surface area contributed by atoms with Gasteiger partial charge in [-0.3, -0.25) is 39.3 Å². The molecule has 1 atom stereocenters. The first-order chi connectivity index (χ1) is 29.5. The lowest BCUT2D eigenvalue weighted by molar-refractivity contribution is -0.136. The first-order valence-electron chi connectivity index (χ1n) is 20.5. The SMILES string of the molecule is Cc1cc(Nc2nc(NCc3ccc(F)cc3F)nc3c2cnn3C2CCN(C(=O)CCCCCCCOc3ccc4c(c3)C(=O)N(C3CCC(=O)NC3=O)C4=O)CC2)n[nH]1. The van der Waals surface area contributed by atoms with Crippen LogP contribution in [0, 0.1) is 18.6 Å². The third-order valence-electron chi connectivity index (χ3n) is 11.2. The van der Waals surface area contributed by atoms with Crippen molar-refractivity contribution >= 4 is 58.2 Å². The minimum atomic E-state index is -1.02. The molecule has 19 heteroatoms. The van der Waals surface area contributed by atoms with Gasteiger partial charge in [0, 0.05) is 55.9 Å². The van der Waals surface area contributed by atoms with Crippen LogP contribution in [0.3, 0.4) is 0 Å². The summed E-state index contributed by atoms with van der Waals surface area (Å²) >= 11 is 0. The highest BCUT2D eigenvalue weighted by Gasteiger charge is 2.44. The van der Waals surface area contributed by atoms with Crippen molar-refractivity contribution in [2.75, 3.05) is 30.3 Å². The number of likely N-dealkylation sites (tertiary alicyclic amines) is 1. The van der Waals surface area contributed by atoms with Gasteiger partial charge in [-0.05, 0) is 63.3 Å². The van der Waals surface area contributed by atoms with Crippen LogP contribution in [0.25, 0.3) is 11.0 Å². The third kappa shape index (κ3) is 9.04. The van der Waals surface area contributed by atoms with E-state index >= 15 is 0 Å². The summed E-state index contributed by atoms with van der Waals surface area (Å²) in [7, 11) is 0. The van der Waals surface area contributed by atoms with Crippen molar-refractivity contribution in [2.45, 2.75) is 89.8 Å². The van der Waals surface area contributed by atoms with Gasteiger partial charge in [0.1, 0.15) is 29.2 Å². The van der Waals surface area contributed by atoms with E-state index in [2.05, 4.69) is 36.2 Å². The number of halogens is 2. The van der Waals surface area contributed by atoms with Gasteiger partial charge in [0.15, 0.2) is 11.5 Å². The molecule has 3 aliphatic heterocycles. The molecule has 4 N–H and O–H groups in total. The molecule has 3 aliphatic rings.